The number of piperidine rings is 1. The number of aromatic nitrogens is 4. The molecule has 0 unspecified atom stereocenters. The van der Waals surface area contributed by atoms with Crippen molar-refractivity contribution in [3.05, 3.63) is 5.82 Å². The van der Waals surface area contributed by atoms with Crippen LogP contribution in [-0.2, 0) is 12.1 Å². The minimum absolute atomic E-state index is 0.0331. The normalized spacial score (nSPS) is 18.9. The zero-order chi connectivity index (χ0) is 11.6. The van der Waals surface area contributed by atoms with Gasteiger partial charge in [-0.3, -0.25) is 4.90 Å². The van der Waals surface area contributed by atoms with E-state index in [2.05, 4.69) is 41.2 Å². The quantitative estimate of drug-likeness (QED) is 0.760. The Morgan fingerprint density at radius 2 is 1.81 bits per heavy atom. The van der Waals surface area contributed by atoms with E-state index in [9.17, 15) is 0 Å². The monoisotopic (exact) mass is 223 g/mol. The van der Waals surface area contributed by atoms with Crippen LogP contribution < -0.4 is 0 Å². The standard InChI is InChI=1S/C11H21N5/c1-11(2,3)16-10(12-13-14-16)9-15-7-5-4-6-8-15/h4-9H2,1-3H3. The number of tetrazole rings is 1. The minimum atomic E-state index is -0.0331. The highest BCUT2D eigenvalue weighted by atomic mass is 15.6. The molecule has 1 saturated heterocycles. The lowest BCUT2D eigenvalue weighted by molar-refractivity contribution is 0.204. The first-order chi connectivity index (χ1) is 7.57. The van der Waals surface area contributed by atoms with Crippen molar-refractivity contribution in [3.63, 3.8) is 0 Å². The summed E-state index contributed by atoms with van der Waals surface area (Å²) in [6, 6.07) is 0. The van der Waals surface area contributed by atoms with Crippen LogP contribution in [0.25, 0.3) is 0 Å². The van der Waals surface area contributed by atoms with Gasteiger partial charge in [0.1, 0.15) is 0 Å². The second-order valence-electron chi connectivity index (χ2n) is 5.51. The van der Waals surface area contributed by atoms with Gasteiger partial charge in [0.25, 0.3) is 0 Å². The minimum Gasteiger partial charge on any atom is -0.296 e. The molecule has 0 atom stereocenters. The SMILES string of the molecule is CC(C)(C)n1nnnc1CN1CCCCC1. The van der Waals surface area contributed by atoms with Gasteiger partial charge in [-0.25, -0.2) is 4.68 Å². The smallest absolute Gasteiger partial charge is 0.165 e. The molecule has 0 N–H and O–H groups in total. The van der Waals surface area contributed by atoms with Crippen LogP contribution >= 0.6 is 0 Å². The fourth-order valence-electron chi connectivity index (χ4n) is 2.14. The molecule has 0 bridgehead atoms. The molecule has 1 aromatic heterocycles. The van der Waals surface area contributed by atoms with Crippen molar-refractivity contribution in [2.24, 2.45) is 0 Å². The molecular formula is C11H21N5. The average Bonchev–Trinajstić information content (AvgIpc) is 2.67. The third kappa shape index (κ3) is 2.58. The van der Waals surface area contributed by atoms with Crippen molar-refractivity contribution in [1.82, 2.24) is 25.1 Å². The summed E-state index contributed by atoms with van der Waals surface area (Å²) in [7, 11) is 0. The molecule has 1 aromatic rings. The lowest BCUT2D eigenvalue weighted by atomic mass is 10.1. The van der Waals surface area contributed by atoms with Gasteiger partial charge in [0.15, 0.2) is 5.82 Å². The maximum Gasteiger partial charge on any atom is 0.165 e. The van der Waals surface area contributed by atoms with Gasteiger partial charge in [0.05, 0.1) is 12.1 Å². The molecule has 0 aromatic carbocycles. The van der Waals surface area contributed by atoms with Gasteiger partial charge in [-0.15, -0.1) is 5.10 Å². The van der Waals surface area contributed by atoms with E-state index in [-0.39, 0.29) is 5.54 Å². The molecule has 1 fully saturated rings. The first-order valence-corrected chi connectivity index (χ1v) is 6.07. The zero-order valence-corrected chi connectivity index (χ0v) is 10.5. The van der Waals surface area contributed by atoms with Gasteiger partial charge in [-0.1, -0.05) is 6.42 Å². The maximum absolute atomic E-state index is 4.14. The van der Waals surface area contributed by atoms with Crippen LogP contribution in [0.15, 0.2) is 0 Å². The van der Waals surface area contributed by atoms with Gasteiger partial charge in [0, 0.05) is 0 Å². The molecule has 1 aliphatic rings. The molecule has 2 heterocycles. The lowest BCUT2D eigenvalue weighted by Gasteiger charge is -2.27. The highest BCUT2D eigenvalue weighted by Crippen LogP contribution is 2.16. The number of hydrogen-bond donors (Lipinski definition) is 0. The first kappa shape index (κ1) is 11.5. The summed E-state index contributed by atoms with van der Waals surface area (Å²) in [5.74, 6) is 0.981. The molecule has 0 amide bonds. The summed E-state index contributed by atoms with van der Waals surface area (Å²) in [6.45, 7) is 9.62. The topological polar surface area (TPSA) is 46.8 Å². The molecule has 2 rings (SSSR count). The molecule has 1 aliphatic heterocycles. The second-order valence-corrected chi connectivity index (χ2v) is 5.51. The van der Waals surface area contributed by atoms with E-state index in [0.717, 1.165) is 12.4 Å². The van der Waals surface area contributed by atoms with E-state index in [1.54, 1.807) is 0 Å². The summed E-state index contributed by atoms with van der Waals surface area (Å²) in [5.41, 5.74) is -0.0331. The van der Waals surface area contributed by atoms with Crippen LogP contribution in [0, 0.1) is 0 Å². The molecule has 90 valence electrons. The van der Waals surface area contributed by atoms with Gasteiger partial charge >= 0.3 is 0 Å². The van der Waals surface area contributed by atoms with E-state index >= 15 is 0 Å². The summed E-state index contributed by atoms with van der Waals surface area (Å²) in [6.07, 6.45) is 3.97. The number of rotatable bonds is 2. The fourth-order valence-corrected chi connectivity index (χ4v) is 2.14. The highest BCUT2D eigenvalue weighted by Gasteiger charge is 2.21. The molecule has 0 saturated carbocycles. The van der Waals surface area contributed by atoms with Crippen molar-refractivity contribution in [1.29, 1.82) is 0 Å². The largest absolute Gasteiger partial charge is 0.296 e. The van der Waals surface area contributed by atoms with Crippen LogP contribution in [0.2, 0.25) is 0 Å². The Bertz CT molecular complexity index is 332. The van der Waals surface area contributed by atoms with Crippen LogP contribution in [0.1, 0.15) is 45.9 Å². The fraction of sp³-hybridized carbons (Fsp3) is 0.909. The third-order valence-corrected chi connectivity index (χ3v) is 2.98. The first-order valence-electron chi connectivity index (χ1n) is 6.07. The van der Waals surface area contributed by atoms with Crippen LogP contribution in [-0.4, -0.2) is 38.2 Å². The van der Waals surface area contributed by atoms with E-state index in [0.29, 0.717) is 0 Å². The molecule has 0 radical (unpaired) electrons. The zero-order valence-electron chi connectivity index (χ0n) is 10.5. The van der Waals surface area contributed by atoms with Crippen molar-refractivity contribution in [3.8, 4) is 0 Å². The summed E-state index contributed by atoms with van der Waals surface area (Å²) in [5, 5.41) is 12.0. The molecule has 0 spiro atoms. The van der Waals surface area contributed by atoms with Crippen LogP contribution in [0.4, 0.5) is 0 Å². The van der Waals surface area contributed by atoms with E-state index in [4.69, 9.17) is 0 Å². The van der Waals surface area contributed by atoms with E-state index in [1.807, 2.05) is 4.68 Å². The summed E-state index contributed by atoms with van der Waals surface area (Å²) < 4.78 is 1.93. The van der Waals surface area contributed by atoms with Gasteiger partial charge in [-0.05, 0) is 57.1 Å². The highest BCUT2D eigenvalue weighted by molar-refractivity contribution is 4.87. The van der Waals surface area contributed by atoms with E-state index < -0.39 is 0 Å². The Morgan fingerprint density at radius 3 is 2.44 bits per heavy atom. The van der Waals surface area contributed by atoms with Crippen molar-refractivity contribution < 1.29 is 0 Å². The number of likely N-dealkylation sites (tertiary alicyclic amines) is 1. The molecule has 16 heavy (non-hydrogen) atoms. The lowest BCUT2D eigenvalue weighted by Crippen LogP contribution is -2.33. The molecular weight excluding hydrogens is 202 g/mol. The molecule has 5 heteroatoms. The number of hydrogen-bond acceptors (Lipinski definition) is 4. The van der Waals surface area contributed by atoms with Crippen molar-refractivity contribution in [2.45, 2.75) is 52.1 Å². The van der Waals surface area contributed by atoms with E-state index in [1.165, 1.54) is 32.4 Å². The van der Waals surface area contributed by atoms with Crippen molar-refractivity contribution in [2.75, 3.05) is 13.1 Å². The summed E-state index contributed by atoms with van der Waals surface area (Å²) >= 11 is 0. The Morgan fingerprint density at radius 1 is 1.12 bits per heavy atom. The Kier molecular flexibility index (Phi) is 3.23. The predicted octanol–water partition coefficient (Wildman–Crippen LogP) is 1.41. The third-order valence-electron chi connectivity index (χ3n) is 2.98. The number of nitrogens with zero attached hydrogens (tertiary/aromatic N) is 5. The average molecular weight is 223 g/mol. The van der Waals surface area contributed by atoms with Crippen LogP contribution in [0.5, 0.6) is 0 Å². The Balaban J connectivity index is 2.06. The second kappa shape index (κ2) is 4.49. The Labute approximate surface area is 96.8 Å². The van der Waals surface area contributed by atoms with Gasteiger partial charge < -0.3 is 0 Å². The van der Waals surface area contributed by atoms with Crippen LogP contribution in [0.3, 0.4) is 0 Å². The van der Waals surface area contributed by atoms with Crippen molar-refractivity contribution >= 4 is 0 Å². The maximum atomic E-state index is 4.14. The predicted molar refractivity (Wildman–Crippen MR) is 61.9 cm³/mol. The molecule has 5 nitrogen and oxygen atoms in total. The summed E-state index contributed by atoms with van der Waals surface area (Å²) in [4.78, 5) is 2.44. The van der Waals surface area contributed by atoms with Gasteiger partial charge in [0.2, 0.25) is 0 Å². The Hall–Kier alpha value is -0.970. The van der Waals surface area contributed by atoms with Gasteiger partial charge in [-0.2, -0.15) is 0 Å². The molecule has 0 aliphatic carbocycles.